The molecular formula is C6H11O9P-2. The lowest BCUT2D eigenvalue weighted by atomic mass is 10.00. The topological polar surface area (TPSA) is 163 Å². The maximum absolute atomic E-state index is 10.3. The molecule has 0 bridgehead atoms. The van der Waals surface area contributed by atoms with Gasteiger partial charge in [0, 0.05) is 0 Å². The SMILES string of the molecule is O=P([O-])([O-])OC1OC(CO)C(O)C(O)C1O. The summed E-state index contributed by atoms with van der Waals surface area (Å²) in [6.45, 7) is -0.743. The summed E-state index contributed by atoms with van der Waals surface area (Å²) in [4.78, 5) is 20.6. The van der Waals surface area contributed by atoms with Gasteiger partial charge in [-0.25, -0.2) is 0 Å². The first-order valence-electron chi connectivity index (χ1n) is 4.27. The van der Waals surface area contributed by atoms with Crippen LogP contribution in [0.25, 0.3) is 0 Å². The van der Waals surface area contributed by atoms with Crippen molar-refractivity contribution >= 4 is 7.82 Å². The molecule has 0 saturated carbocycles. The fraction of sp³-hybridized carbons (Fsp3) is 1.00. The summed E-state index contributed by atoms with van der Waals surface area (Å²) in [7, 11) is -5.41. The van der Waals surface area contributed by atoms with Crippen molar-refractivity contribution in [3.8, 4) is 0 Å². The standard InChI is InChI=1S/C6H13O9P/c7-1-2-3(8)4(9)5(10)6(14-2)15-16(11,12)13/h2-10H,1H2,(H2,11,12,13)/p-2. The maximum Gasteiger partial charge on any atom is 0.191 e. The molecule has 1 heterocycles. The molecule has 10 heteroatoms. The van der Waals surface area contributed by atoms with Gasteiger partial charge in [-0.15, -0.1) is 0 Å². The van der Waals surface area contributed by atoms with Gasteiger partial charge in [0.1, 0.15) is 24.4 Å². The summed E-state index contributed by atoms with van der Waals surface area (Å²) in [6.07, 6.45) is -8.61. The van der Waals surface area contributed by atoms with E-state index in [4.69, 9.17) is 5.11 Å². The number of hydrogen-bond acceptors (Lipinski definition) is 9. The number of hydrogen-bond donors (Lipinski definition) is 4. The van der Waals surface area contributed by atoms with Crippen LogP contribution in [0.3, 0.4) is 0 Å². The van der Waals surface area contributed by atoms with Crippen LogP contribution in [0.15, 0.2) is 0 Å². The van der Waals surface area contributed by atoms with E-state index < -0.39 is 45.1 Å². The molecule has 96 valence electrons. The summed E-state index contributed by atoms with van der Waals surface area (Å²) in [5.41, 5.74) is 0. The normalized spacial score (nSPS) is 41.0. The quantitative estimate of drug-likeness (QED) is 0.366. The summed E-state index contributed by atoms with van der Waals surface area (Å²) in [5, 5.41) is 36.5. The highest BCUT2D eigenvalue weighted by atomic mass is 31.2. The largest absolute Gasteiger partial charge is 0.790 e. The Balaban J connectivity index is 2.75. The molecule has 0 spiro atoms. The van der Waals surface area contributed by atoms with Crippen LogP contribution in [0.5, 0.6) is 0 Å². The first kappa shape index (κ1) is 14.0. The molecule has 0 aromatic rings. The Morgan fingerprint density at radius 3 is 2.19 bits per heavy atom. The van der Waals surface area contributed by atoms with Crippen LogP contribution in [-0.2, 0) is 13.8 Å². The minimum absolute atomic E-state index is 0.743. The Morgan fingerprint density at radius 2 is 1.75 bits per heavy atom. The highest BCUT2D eigenvalue weighted by Gasteiger charge is 2.44. The van der Waals surface area contributed by atoms with Crippen molar-refractivity contribution in [1.82, 2.24) is 0 Å². The first-order chi connectivity index (χ1) is 7.26. The van der Waals surface area contributed by atoms with Gasteiger partial charge in [-0.2, -0.15) is 0 Å². The van der Waals surface area contributed by atoms with Gasteiger partial charge in [0.2, 0.25) is 0 Å². The number of phosphoric acid groups is 1. The number of phosphoric ester groups is 1. The molecule has 1 saturated heterocycles. The Labute approximate surface area is 90.1 Å². The Bertz CT molecular complexity index is 275. The lowest BCUT2D eigenvalue weighted by molar-refractivity contribution is -0.368. The average Bonchev–Trinajstić information content (AvgIpc) is 2.17. The predicted octanol–water partition coefficient (Wildman–Crippen LogP) is -4.37. The molecule has 0 aromatic carbocycles. The van der Waals surface area contributed by atoms with E-state index in [9.17, 15) is 29.7 Å². The van der Waals surface area contributed by atoms with E-state index in [-0.39, 0.29) is 0 Å². The van der Waals surface area contributed by atoms with E-state index in [0.29, 0.717) is 0 Å². The molecule has 5 atom stereocenters. The lowest BCUT2D eigenvalue weighted by Gasteiger charge is -2.43. The van der Waals surface area contributed by atoms with E-state index in [1.54, 1.807) is 0 Å². The second-order valence-corrected chi connectivity index (χ2v) is 4.36. The molecule has 0 amide bonds. The molecule has 4 N–H and O–H groups in total. The van der Waals surface area contributed by atoms with Gasteiger partial charge < -0.3 is 44.0 Å². The Hall–Kier alpha value is -0.0900. The van der Waals surface area contributed by atoms with Crippen molar-refractivity contribution in [3.63, 3.8) is 0 Å². The summed E-state index contributed by atoms with van der Waals surface area (Å²) in [6, 6.07) is 0. The fourth-order valence-electron chi connectivity index (χ4n) is 1.28. The zero-order valence-electron chi connectivity index (χ0n) is 7.87. The molecule has 0 radical (unpaired) electrons. The van der Waals surface area contributed by atoms with E-state index >= 15 is 0 Å². The zero-order chi connectivity index (χ0) is 12.5. The van der Waals surface area contributed by atoms with Crippen molar-refractivity contribution in [2.24, 2.45) is 0 Å². The van der Waals surface area contributed by atoms with Crippen molar-refractivity contribution in [2.45, 2.75) is 30.7 Å². The second kappa shape index (κ2) is 5.05. The van der Waals surface area contributed by atoms with Crippen LogP contribution in [0, 0.1) is 0 Å². The molecule has 1 rings (SSSR count). The smallest absolute Gasteiger partial charge is 0.191 e. The highest BCUT2D eigenvalue weighted by Crippen LogP contribution is 2.33. The second-order valence-electron chi connectivity index (χ2n) is 3.25. The van der Waals surface area contributed by atoms with Crippen LogP contribution in [0.2, 0.25) is 0 Å². The van der Waals surface area contributed by atoms with Gasteiger partial charge in [-0.1, -0.05) is 0 Å². The maximum atomic E-state index is 10.3. The summed E-state index contributed by atoms with van der Waals surface area (Å²) < 4.78 is 18.7. The monoisotopic (exact) mass is 258 g/mol. The molecule has 1 aliphatic rings. The lowest BCUT2D eigenvalue weighted by Crippen LogP contribution is -2.59. The van der Waals surface area contributed by atoms with Crippen LogP contribution < -0.4 is 9.79 Å². The summed E-state index contributed by atoms with van der Waals surface area (Å²) >= 11 is 0. The first-order valence-corrected chi connectivity index (χ1v) is 5.73. The third kappa shape index (κ3) is 3.20. The van der Waals surface area contributed by atoms with Gasteiger partial charge in [0.25, 0.3) is 0 Å². The summed E-state index contributed by atoms with van der Waals surface area (Å²) in [5.74, 6) is 0. The minimum atomic E-state index is -5.41. The van der Waals surface area contributed by atoms with Gasteiger partial charge in [-0.3, -0.25) is 0 Å². The van der Waals surface area contributed by atoms with Crippen LogP contribution in [-0.4, -0.2) is 57.7 Å². The Kier molecular flexibility index (Phi) is 4.41. The number of aliphatic hydroxyl groups excluding tert-OH is 4. The zero-order valence-corrected chi connectivity index (χ0v) is 8.77. The Morgan fingerprint density at radius 1 is 1.19 bits per heavy atom. The molecule has 9 nitrogen and oxygen atoms in total. The third-order valence-corrected chi connectivity index (χ3v) is 2.55. The predicted molar refractivity (Wildman–Crippen MR) is 42.5 cm³/mol. The molecule has 0 aliphatic carbocycles. The van der Waals surface area contributed by atoms with E-state index in [1.165, 1.54) is 0 Å². The highest BCUT2D eigenvalue weighted by molar-refractivity contribution is 7.43. The van der Waals surface area contributed by atoms with Gasteiger partial charge in [-0.05, 0) is 0 Å². The molecule has 5 unspecified atom stereocenters. The molecule has 1 fully saturated rings. The number of aliphatic hydroxyl groups is 4. The van der Waals surface area contributed by atoms with Crippen LogP contribution >= 0.6 is 7.82 Å². The average molecular weight is 258 g/mol. The number of ether oxygens (including phenoxy) is 1. The number of rotatable bonds is 3. The minimum Gasteiger partial charge on any atom is -0.790 e. The van der Waals surface area contributed by atoms with Crippen molar-refractivity contribution in [2.75, 3.05) is 6.61 Å². The van der Waals surface area contributed by atoms with Crippen LogP contribution in [0.1, 0.15) is 0 Å². The van der Waals surface area contributed by atoms with Crippen LogP contribution in [0.4, 0.5) is 0 Å². The molecule has 0 aromatic heterocycles. The van der Waals surface area contributed by atoms with Gasteiger partial charge >= 0.3 is 0 Å². The van der Waals surface area contributed by atoms with Crippen molar-refractivity contribution in [1.29, 1.82) is 0 Å². The van der Waals surface area contributed by atoms with E-state index in [0.717, 1.165) is 0 Å². The third-order valence-electron chi connectivity index (χ3n) is 2.08. The van der Waals surface area contributed by atoms with Gasteiger partial charge in [0.15, 0.2) is 6.29 Å². The van der Waals surface area contributed by atoms with E-state index in [1.807, 2.05) is 0 Å². The molecule has 1 aliphatic heterocycles. The van der Waals surface area contributed by atoms with E-state index in [2.05, 4.69) is 9.26 Å². The van der Waals surface area contributed by atoms with Crippen molar-refractivity contribution in [3.05, 3.63) is 0 Å². The molecular weight excluding hydrogens is 247 g/mol. The van der Waals surface area contributed by atoms with Crippen molar-refractivity contribution < 1.29 is 44.0 Å². The van der Waals surface area contributed by atoms with Gasteiger partial charge in [0.05, 0.1) is 14.4 Å². The fourth-order valence-corrected chi connectivity index (χ4v) is 1.71. The molecule has 16 heavy (non-hydrogen) atoms.